The molecule has 0 saturated heterocycles. The number of rotatable bonds is 4. The summed E-state index contributed by atoms with van der Waals surface area (Å²) in [5.74, 6) is 0.0529. The first kappa shape index (κ1) is 17.7. The van der Waals surface area contributed by atoms with Crippen LogP contribution in [0.5, 0.6) is 0 Å². The van der Waals surface area contributed by atoms with Crippen molar-refractivity contribution in [1.82, 2.24) is 0 Å². The molecule has 0 spiro atoms. The zero-order chi connectivity index (χ0) is 17.1. The van der Waals surface area contributed by atoms with Gasteiger partial charge in [-0.05, 0) is 36.4 Å². The number of amides is 1. The highest BCUT2D eigenvalue weighted by atomic mass is 35.5. The third kappa shape index (κ3) is 3.94. The number of furan rings is 1. The number of para-hydroxylation sites is 2. The number of carbonyl (C=O) groups excluding carboxylic acids is 1. The quantitative estimate of drug-likeness (QED) is 0.535. The van der Waals surface area contributed by atoms with E-state index in [0.717, 1.165) is 22.4 Å². The second kappa shape index (κ2) is 7.87. The topological polar surface area (TPSA) is 58.9 Å². The minimum Gasteiger partial charge on any atom is -1.00 e. The Morgan fingerprint density at radius 2 is 1.46 bits per heavy atom. The second-order valence-corrected chi connectivity index (χ2v) is 5.78. The van der Waals surface area contributed by atoms with Gasteiger partial charge in [-0.25, -0.2) is 0 Å². The maximum absolute atomic E-state index is 12.3. The molecule has 1 amide bonds. The summed E-state index contributed by atoms with van der Waals surface area (Å²) in [4.78, 5) is 12.3. The van der Waals surface area contributed by atoms with E-state index >= 15 is 0 Å². The first-order valence-electron chi connectivity index (χ1n) is 8.08. The molecule has 4 nitrogen and oxygen atoms in total. The van der Waals surface area contributed by atoms with E-state index < -0.39 is 0 Å². The first-order valence-corrected chi connectivity index (χ1v) is 8.08. The minimum absolute atomic E-state index is 0. The predicted molar refractivity (Wildman–Crippen MR) is 98.3 cm³/mol. The predicted octanol–water partition coefficient (Wildman–Crippen LogP) is 1.22. The van der Waals surface area contributed by atoms with E-state index in [9.17, 15) is 4.79 Å². The molecule has 0 atom stereocenters. The van der Waals surface area contributed by atoms with Gasteiger partial charge in [0.1, 0.15) is 17.0 Å². The molecule has 130 valence electrons. The van der Waals surface area contributed by atoms with Crippen molar-refractivity contribution in [2.75, 3.05) is 5.32 Å². The van der Waals surface area contributed by atoms with Crippen LogP contribution in [0.4, 0.5) is 17.1 Å². The normalized spacial score (nSPS) is 10.3. The Morgan fingerprint density at radius 1 is 0.808 bits per heavy atom. The average Bonchev–Trinajstić information content (AvgIpc) is 3.09. The molecule has 0 fully saturated rings. The average molecular weight is 365 g/mol. The lowest BCUT2D eigenvalue weighted by Gasteiger charge is -2.04. The molecule has 4 rings (SSSR count). The molecule has 0 bridgehead atoms. The molecule has 5 heteroatoms. The van der Waals surface area contributed by atoms with Gasteiger partial charge in [-0.3, -0.25) is 10.1 Å². The summed E-state index contributed by atoms with van der Waals surface area (Å²) in [5.41, 5.74) is 3.66. The third-order valence-electron chi connectivity index (χ3n) is 3.95. The van der Waals surface area contributed by atoms with Crippen LogP contribution in [0.1, 0.15) is 10.6 Å². The number of halogens is 1. The van der Waals surface area contributed by atoms with Crippen molar-refractivity contribution in [2.24, 2.45) is 0 Å². The highest BCUT2D eigenvalue weighted by molar-refractivity contribution is 6.04. The minimum atomic E-state index is -0.254. The maximum atomic E-state index is 12.3. The summed E-state index contributed by atoms with van der Waals surface area (Å²) in [6, 6.07) is 27.2. The van der Waals surface area contributed by atoms with Crippen molar-refractivity contribution >= 4 is 33.9 Å². The number of anilines is 1. The van der Waals surface area contributed by atoms with Crippen molar-refractivity contribution in [3.05, 3.63) is 90.7 Å². The summed E-state index contributed by atoms with van der Waals surface area (Å²) in [7, 11) is 0. The van der Waals surface area contributed by atoms with Crippen LogP contribution in [0.15, 0.2) is 89.3 Å². The smallest absolute Gasteiger partial charge is 0.291 e. The van der Waals surface area contributed by atoms with Crippen LogP contribution in [0.25, 0.3) is 11.0 Å². The van der Waals surface area contributed by atoms with Gasteiger partial charge in [0.05, 0.1) is 0 Å². The van der Waals surface area contributed by atoms with E-state index in [1.807, 2.05) is 66.7 Å². The number of nitrogens with one attached hydrogen (secondary N) is 1. The summed E-state index contributed by atoms with van der Waals surface area (Å²) in [6.07, 6.45) is 0. The Balaban J connectivity index is 0.00000196. The third-order valence-corrected chi connectivity index (χ3v) is 3.95. The van der Waals surface area contributed by atoms with Crippen LogP contribution in [0.3, 0.4) is 0 Å². The van der Waals surface area contributed by atoms with E-state index in [0.29, 0.717) is 11.3 Å². The van der Waals surface area contributed by atoms with Gasteiger partial charge in [0, 0.05) is 23.2 Å². The SMILES string of the molecule is O=C(Nc1ccc([NH2+]c2ccccc2)cc1)c1cc2ccccc2o1.[Cl-]. The maximum Gasteiger partial charge on any atom is 0.291 e. The number of carbonyl (C=O) groups is 1. The number of quaternary nitrogens is 1. The molecule has 0 unspecified atom stereocenters. The number of fused-ring (bicyclic) bond motifs is 1. The Morgan fingerprint density at radius 3 is 2.19 bits per heavy atom. The molecule has 1 heterocycles. The van der Waals surface area contributed by atoms with Crippen LogP contribution in [0, 0.1) is 0 Å². The van der Waals surface area contributed by atoms with E-state index in [1.54, 1.807) is 6.07 Å². The lowest BCUT2D eigenvalue weighted by atomic mass is 10.2. The largest absolute Gasteiger partial charge is 1.00 e. The van der Waals surface area contributed by atoms with Crippen molar-refractivity contribution in [2.45, 2.75) is 0 Å². The van der Waals surface area contributed by atoms with Gasteiger partial charge in [-0.2, -0.15) is 0 Å². The molecular formula is C21H17ClN2O2. The van der Waals surface area contributed by atoms with Gasteiger partial charge >= 0.3 is 0 Å². The zero-order valence-corrected chi connectivity index (χ0v) is 14.6. The zero-order valence-electron chi connectivity index (χ0n) is 13.9. The fourth-order valence-electron chi connectivity index (χ4n) is 2.69. The summed E-state index contributed by atoms with van der Waals surface area (Å²) in [6.45, 7) is 0. The highest BCUT2D eigenvalue weighted by Gasteiger charge is 2.12. The number of benzene rings is 3. The Labute approximate surface area is 157 Å². The van der Waals surface area contributed by atoms with E-state index in [1.165, 1.54) is 0 Å². The molecule has 0 aliphatic carbocycles. The molecular weight excluding hydrogens is 348 g/mol. The van der Waals surface area contributed by atoms with Crippen LogP contribution in [0.2, 0.25) is 0 Å². The molecule has 0 aliphatic rings. The summed E-state index contributed by atoms with van der Waals surface area (Å²) < 4.78 is 5.59. The van der Waals surface area contributed by atoms with Crippen molar-refractivity contribution in [1.29, 1.82) is 0 Å². The molecule has 1 aromatic heterocycles. The van der Waals surface area contributed by atoms with Crippen molar-refractivity contribution in [3.8, 4) is 0 Å². The van der Waals surface area contributed by atoms with Crippen LogP contribution >= 0.6 is 0 Å². The second-order valence-electron chi connectivity index (χ2n) is 5.78. The van der Waals surface area contributed by atoms with Gasteiger partial charge in [0.2, 0.25) is 0 Å². The van der Waals surface area contributed by atoms with Crippen LogP contribution < -0.4 is 23.0 Å². The van der Waals surface area contributed by atoms with Gasteiger partial charge in [0.15, 0.2) is 5.76 Å². The first-order chi connectivity index (χ1) is 12.3. The molecule has 4 aromatic rings. The van der Waals surface area contributed by atoms with Gasteiger partial charge in [-0.1, -0.05) is 36.4 Å². The fraction of sp³-hybridized carbons (Fsp3) is 0. The molecule has 3 N–H and O–H groups in total. The Bertz CT molecular complexity index is 978. The van der Waals surface area contributed by atoms with E-state index in [2.05, 4.69) is 22.8 Å². The monoisotopic (exact) mass is 364 g/mol. The molecule has 0 saturated carbocycles. The molecule has 0 aliphatic heterocycles. The Kier molecular flexibility index (Phi) is 5.37. The molecule has 26 heavy (non-hydrogen) atoms. The van der Waals surface area contributed by atoms with Crippen LogP contribution in [-0.4, -0.2) is 5.91 Å². The summed E-state index contributed by atoms with van der Waals surface area (Å²) >= 11 is 0. The standard InChI is InChI=1S/C21H16N2O2.ClH/c24-21(20-14-15-6-4-5-9-19(15)25-20)23-18-12-10-17(11-13-18)22-16-7-2-1-3-8-16;/h1-14,22H,(H,23,24);1H. The molecule has 0 radical (unpaired) electrons. The fourth-order valence-corrected chi connectivity index (χ4v) is 2.69. The summed E-state index contributed by atoms with van der Waals surface area (Å²) in [5, 5.41) is 5.87. The Hall–Kier alpha value is -3.08. The van der Waals surface area contributed by atoms with Crippen LogP contribution in [-0.2, 0) is 0 Å². The number of hydrogen-bond acceptors (Lipinski definition) is 2. The lowest BCUT2D eigenvalue weighted by Crippen LogP contribution is -3.00. The van der Waals surface area contributed by atoms with Gasteiger partial charge in [-0.15, -0.1) is 0 Å². The number of nitrogens with two attached hydrogens (primary N) is 1. The molecule has 3 aromatic carbocycles. The highest BCUT2D eigenvalue weighted by Crippen LogP contribution is 2.20. The van der Waals surface area contributed by atoms with Crippen molar-refractivity contribution < 1.29 is 26.9 Å². The van der Waals surface area contributed by atoms with Crippen molar-refractivity contribution in [3.63, 3.8) is 0 Å². The number of hydrogen-bond donors (Lipinski definition) is 2. The van der Waals surface area contributed by atoms with Gasteiger partial charge in [0.25, 0.3) is 5.91 Å². The van der Waals surface area contributed by atoms with E-state index in [-0.39, 0.29) is 18.3 Å². The van der Waals surface area contributed by atoms with E-state index in [4.69, 9.17) is 4.42 Å². The lowest BCUT2D eigenvalue weighted by molar-refractivity contribution is -0.478. The van der Waals surface area contributed by atoms with Gasteiger partial charge < -0.3 is 22.1 Å².